The molecule has 1 N–H and O–H groups in total. The van der Waals surface area contributed by atoms with Crippen LogP contribution in [0.3, 0.4) is 0 Å². The molecule has 1 unspecified atom stereocenters. The van der Waals surface area contributed by atoms with Crippen molar-refractivity contribution in [3.63, 3.8) is 0 Å². The standard InChI is InChI=1S/C12H16N2O2/c1-10(4-5-12-3-2-6-15-12)13-7-11-8-14-16-9-11/h2-3,6,8-10,13H,4-5,7H2,1H3. The van der Waals surface area contributed by atoms with Crippen molar-refractivity contribution in [1.29, 1.82) is 0 Å². The lowest BCUT2D eigenvalue weighted by atomic mass is 10.1. The summed E-state index contributed by atoms with van der Waals surface area (Å²) in [6, 6.07) is 4.37. The summed E-state index contributed by atoms with van der Waals surface area (Å²) in [4.78, 5) is 0. The monoisotopic (exact) mass is 220 g/mol. The van der Waals surface area contributed by atoms with Crippen molar-refractivity contribution in [2.45, 2.75) is 32.4 Å². The van der Waals surface area contributed by atoms with E-state index in [1.807, 2.05) is 12.1 Å². The fourth-order valence-corrected chi connectivity index (χ4v) is 1.52. The highest BCUT2D eigenvalue weighted by Gasteiger charge is 2.04. The molecule has 2 rings (SSSR count). The van der Waals surface area contributed by atoms with Crippen LogP contribution in [0.25, 0.3) is 0 Å². The van der Waals surface area contributed by atoms with Gasteiger partial charge in [-0.05, 0) is 25.5 Å². The molecule has 0 radical (unpaired) electrons. The van der Waals surface area contributed by atoms with E-state index in [9.17, 15) is 0 Å². The largest absolute Gasteiger partial charge is 0.469 e. The van der Waals surface area contributed by atoms with E-state index in [-0.39, 0.29) is 0 Å². The van der Waals surface area contributed by atoms with Crippen molar-refractivity contribution in [1.82, 2.24) is 10.5 Å². The summed E-state index contributed by atoms with van der Waals surface area (Å²) in [5.41, 5.74) is 1.07. The summed E-state index contributed by atoms with van der Waals surface area (Å²) in [5.74, 6) is 1.04. The first-order chi connectivity index (χ1) is 7.84. The minimum Gasteiger partial charge on any atom is -0.469 e. The number of hydrogen-bond acceptors (Lipinski definition) is 4. The summed E-state index contributed by atoms with van der Waals surface area (Å²) >= 11 is 0. The van der Waals surface area contributed by atoms with Gasteiger partial charge in [0, 0.05) is 24.6 Å². The predicted molar refractivity (Wildman–Crippen MR) is 59.8 cm³/mol. The van der Waals surface area contributed by atoms with E-state index in [0.717, 1.165) is 30.7 Å². The quantitative estimate of drug-likeness (QED) is 0.812. The first-order valence-corrected chi connectivity index (χ1v) is 5.48. The first kappa shape index (κ1) is 11.0. The molecule has 0 aliphatic rings. The van der Waals surface area contributed by atoms with Gasteiger partial charge in [-0.15, -0.1) is 0 Å². The summed E-state index contributed by atoms with van der Waals surface area (Å²) in [6.45, 7) is 2.96. The van der Waals surface area contributed by atoms with Crippen LogP contribution < -0.4 is 5.32 Å². The molecule has 2 aromatic heterocycles. The highest BCUT2D eigenvalue weighted by atomic mass is 16.5. The van der Waals surface area contributed by atoms with E-state index in [4.69, 9.17) is 8.94 Å². The zero-order valence-electron chi connectivity index (χ0n) is 9.35. The Balaban J connectivity index is 1.66. The van der Waals surface area contributed by atoms with Gasteiger partial charge in [-0.25, -0.2) is 0 Å². The molecule has 2 heterocycles. The second-order valence-corrected chi connectivity index (χ2v) is 3.93. The normalized spacial score (nSPS) is 12.8. The summed E-state index contributed by atoms with van der Waals surface area (Å²) in [5, 5.41) is 7.06. The number of aryl methyl sites for hydroxylation is 1. The Morgan fingerprint density at radius 3 is 3.12 bits per heavy atom. The maximum atomic E-state index is 5.28. The van der Waals surface area contributed by atoms with Crippen LogP contribution in [-0.4, -0.2) is 11.2 Å². The Hall–Kier alpha value is -1.55. The van der Waals surface area contributed by atoms with Crippen molar-refractivity contribution < 1.29 is 8.94 Å². The third-order valence-electron chi connectivity index (χ3n) is 2.54. The Bertz CT molecular complexity index is 343. The zero-order valence-corrected chi connectivity index (χ0v) is 9.35. The van der Waals surface area contributed by atoms with E-state index in [0.29, 0.717) is 6.04 Å². The van der Waals surface area contributed by atoms with Crippen LogP contribution in [0.4, 0.5) is 0 Å². The lowest BCUT2D eigenvalue weighted by Gasteiger charge is -2.11. The molecule has 16 heavy (non-hydrogen) atoms. The highest BCUT2D eigenvalue weighted by molar-refractivity contribution is 5.00. The maximum Gasteiger partial charge on any atom is 0.128 e. The lowest BCUT2D eigenvalue weighted by Crippen LogP contribution is -2.25. The van der Waals surface area contributed by atoms with Crippen molar-refractivity contribution in [2.75, 3.05) is 0 Å². The second-order valence-electron chi connectivity index (χ2n) is 3.93. The molecule has 4 heteroatoms. The van der Waals surface area contributed by atoms with Gasteiger partial charge in [-0.3, -0.25) is 0 Å². The van der Waals surface area contributed by atoms with Crippen LogP contribution >= 0.6 is 0 Å². The van der Waals surface area contributed by atoms with Crippen LogP contribution in [0.15, 0.2) is 39.8 Å². The van der Waals surface area contributed by atoms with Gasteiger partial charge in [-0.2, -0.15) is 0 Å². The van der Waals surface area contributed by atoms with Crippen LogP contribution in [0.2, 0.25) is 0 Å². The molecule has 0 saturated heterocycles. The number of furan rings is 1. The van der Waals surface area contributed by atoms with Crippen LogP contribution in [0.5, 0.6) is 0 Å². The number of nitrogens with one attached hydrogen (secondary N) is 1. The van der Waals surface area contributed by atoms with Crippen LogP contribution in [0.1, 0.15) is 24.7 Å². The fraction of sp³-hybridized carbons (Fsp3) is 0.417. The molecule has 2 aromatic rings. The Kier molecular flexibility index (Phi) is 3.77. The molecule has 0 aliphatic heterocycles. The number of aromatic nitrogens is 1. The van der Waals surface area contributed by atoms with Gasteiger partial charge >= 0.3 is 0 Å². The molecule has 1 atom stereocenters. The van der Waals surface area contributed by atoms with E-state index in [1.165, 1.54) is 0 Å². The molecule has 0 amide bonds. The molecular formula is C12H16N2O2. The molecule has 4 nitrogen and oxygen atoms in total. The second kappa shape index (κ2) is 5.51. The van der Waals surface area contributed by atoms with E-state index in [2.05, 4.69) is 17.4 Å². The Morgan fingerprint density at radius 2 is 2.44 bits per heavy atom. The molecule has 0 aliphatic carbocycles. The van der Waals surface area contributed by atoms with Gasteiger partial charge in [0.05, 0.1) is 12.5 Å². The van der Waals surface area contributed by atoms with Crippen molar-refractivity contribution >= 4 is 0 Å². The van der Waals surface area contributed by atoms with Gasteiger partial charge in [0.1, 0.15) is 12.0 Å². The van der Waals surface area contributed by atoms with Crippen molar-refractivity contribution in [2.24, 2.45) is 0 Å². The average molecular weight is 220 g/mol. The molecule has 86 valence electrons. The smallest absolute Gasteiger partial charge is 0.128 e. The van der Waals surface area contributed by atoms with Crippen molar-refractivity contribution in [3.05, 3.63) is 42.2 Å². The minimum absolute atomic E-state index is 0.444. The van der Waals surface area contributed by atoms with Gasteiger partial charge < -0.3 is 14.3 Å². The molecule has 0 saturated carbocycles. The average Bonchev–Trinajstić information content (AvgIpc) is 2.96. The topological polar surface area (TPSA) is 51.2 Å². The van der Waals surface area contributed by atoms with Crippen LogP contribution in [0, 0.1) is 0 Å². The summed E-state index contributed by atoms with van der Waals surface area (Å²) in [6.07, 6.45) is 7.12. The molecule has 0 bridgehead atoms. The third kappa shape index (κ3) is 3.24. The first-order valence-electron chi connectivity index (χ1n) is 5.48. The Labute approximate surface area is 94.6 Å². The molecule has 0 aromatic carbocycles. The van der Waals surface area contributed by atoms with Gasteiger partial charge in [-0.1, -0.05) is 5.16 Å². The highest BCUT2D eigenvalue weighted by Crippen LogP contribution is 2.06. The van der Waals surface area contributed by atoms with E-state index < -0.39 is 0 Å². The summed E-state index contributed by atoms with van der Waals surface area (Å²) in [7, 11) is 0. The number of hydrogen-bond donors (Lipinski definition) is 1. The summed E-state index contributed by atoms with van der Waals surface area (Å²) < 4.78 is 10.0. The van der Waals surface area contributed by atoms with E-state index in [1.54, 1.807) is 18.7 Å². The number of nitrogens with zero attached hydrogens (tertiary/aromatic N) is 1. The lowest BCUT2D eigenvalue weighted by molar-refractivity contribution is 0.417. The van der Waals surface area contributed by atoms with Crippen LogP contribution in [-0.2, 0) is 13.0 Å². The molecular weight excluding hydrogens is 204 g/mol. The zero-order chi connectivity index (χ0) is 11.2. The molecule has 0 spiro atoms. The SMILES string of the molecule is CC(CCc1ccco1)NCc1cnoc1. The Morgan fingerprint density at radius 1 is 1.50 bits per heavy atom. The van der Waals surface area contributed by atoms with E-state index >= 15 is 0 Å². The minimum atomic E-state index is 0.444. The van der Waals surface area contributed by atoms with Gasteiger partial charge in [0.25, 0.3) is 0 Å². The number of rotatable bonds is 6. The molecule has 0 fully saturated rings. The van der Waals surface area contributed by atoms with Crippen molar-refractivity contribution in [3.8, 4) is 0 Å². The predicted octanol–water partition coefficient (Wildman–Crippen LogP) is 2.38. The van der Waals surface area contributed by atoms with Gasteiger partial charge in [0.2, 0.25) is 0 Å². The fourth-order valence-electron chi connectivity index (χ4n) is 1.52. The van der Waals surface area contributed by atoms with Gasteiger partial charge in [0.15, 0.2) is 0 Å². The maximum absolute atomic E-state index is 5.28. The third-order valence-corrected chi connectivity index (χ3v) is 2.54.